The minimum Gasteiger partial charge on any atom is -0.497 e. The average Bonchev–Trinajstić information content (AvgIpc) is 3.59. The third-order valence-electron chi connectivity index (χ3n) is 5.34. The van der Waals surface area contributed by atoms with Crippen LogP contribution < -0.4 is 9.47 Å². The van der Waals surface area contributed by atoms with Crippen LogP contribution in [0.3, 0.4) is 0 Å². The third-order valence-corrected chi connectivity index (χ3v) is 6.27. The molecule has 33 heavy (non-hydrogen) atoms. The molecule has 8 nitrogen and oxygen atoms in total. The van der Waals surface area contributed by atoms with Crippen molar-refractivity contribution in [2.24, 2.45) is 0 Å². The fourth-order valence-electron chi connectivity index (χ4n) is 3.60. The molecule has 3 heterocycles. The minimum atomic E-state index is 0.267. The molecule has 9 heteroatoms. The summed E-state index contributed by atoms with van der Waals surface area (Å²) in [4.78, 5) is 0.697. The Morgan fingerprint density at radius 3 is 2.58 bits per heavy atom. The highest BCUT2D eigenvalue weighted by Gasteiger charge is 2.16. The third kappa shape index (κ3) is 3.68. The van der Waals surface area contributed by atoms with Crippen molar-refractivity contribution in [1.29, 1.82) is 0 Å². The molecule has 3 aromatic carbocycles. The van der Waals surface area contributed by atoms with Crippen LogP contribution in [-0.4, -0.2) is 37.1 Å². The van der Waals surface area contributed by atoms with Gasteiger partial charge in [-0.05, 0) is 53.2 Å². The number of aromatic nitrogens is 6. The minimum absolute atomic E-state index is 0.267. The number of fused-ring (bicyclic) bond motifs is 2. The van der Waals surface area contributed by atoms with E-state index in [-0.39, 0.29) is 6.61 Å². The van der Waals surface area contributed by atoms with Crippen LogP contribution in [0.25, 0.3) is 37.7 Å². The van der Waals surface area contributed by atoms with Crippen LogP contribution in [-0.2, 0) is 6.61 Å². The van der Waals surface area contributed by atoms with Crippen molar-refractivity contribution < 1.29 is 9.47 Å². The molecule has 3 aromatic heterocycles. The molecule has 0 bridgehead atoms. The van der Waals surface area contributed by atoms with Gasteiger partial charge < -0.3 is 9.47 Å². The highest BCUT2D eigenvalue weighted by Crippen LogP contribution is 2.28. The Hall–Kier alpha value is -4.24. The molecule has 1 N–H and O–H groups in total. The van der Waals surface area contributed by atoms with E-state index in [0.29, 0.717) is 10.8 Å². The van der Waals surface area contributed by atoms with Gasteiger partial charge in [-0.3, -0.25) is 5.10 Å². The van der Waals surface area contributed by atoms with Crippen LogP contribution in [0.5, 0.6) is 11.5 Å². The van der Waals surface area contributed by atoms with Gasteiger partial charge in [0.15, 0.2) is 10.8 Å². The fourth-order valence-corrected chi connectivity index (χ4v) is 4.43. The lowest BCUT2D eigenvalue weighted by molar-refractivity contribution is 0.293. The number of methoxy groups -OCH3 is 1. The van der Waals surface area contributed by atoms with E-state index in [1.165, 1.54) is 16.7 Å². The van der Waals surface area contributed by atoms with Crippen LogP contribution in [0.2, 0.25) is 0 Å². The summed E-state index contributed by atoms with van der Waals surface area (Å²) in [7, 11) is 1.65. The molecule has 0 aliphatic carbocycles. The van der Waals surface area contributed by atoms with Gasteiger partial charge in [0.1, 0.15) is 18.1 Å². The number of ether oxygens (including phenoxy) is 2. The average molecular weight is 455 g/mol. The molecule has 0 aliphatic heterocycles. The Bertz CT molecular complexity index is 1570. The first-order valence-corrected chi connectivity index (χ1v) is 11.1. The molecule has 0 saturated heterocycles. The topological polar surface area (TPSA) is 90.2 Å². The lowest BCUT2D eigenvalue weighted by Crippen LogP contribution is -2.02. The SMILES string of the molecule is COc1ccc(-c2cc(-c3nn4c(COc5ccc6ccccc6c5)nnc4s3)[nH]n2)cc1. The van der Waals surface area contributed by atoms with Crippen LogP contribution in [0.1, 0.15) is 5.82 Å². The molecule has 6 rings (SSSR count). The van der Waals surface area contributed by atoms with Gasteiger partial charge in [0, 0.05) is 5.56 Å². The monoisotopic (exact) mass is 454 g/mol. The van der Waals surface area contributed by atoms with Crippen LogP contribution in [0, 0.1) is 0 Å². The zero-order valence-corrected chi connectivity index (χ0v) is 18.4. The van der Waals surface area contributed by atoms with Crippen molar-refractivity contribution in [1.82, 2.24) is 30.0 Å². The molecular formula is C24H18N6O2S. The maximum Gasteiger partial charge on any atom is 0.235 e. The van der Waals surface area contributed by atoms with Crippen molar-refractivity contribution >= 4 is 27.1 Å². The van der Waals surface area contributed by atoms with Gasteiger partial charge in [0.25, 0.3) is 0 Å². The Balaban J connectivity index is 1.22. The molecular weight excluding hydrogens is 436 g/mol. The van der Waals surface area contributed by atoms with Crippen molar-refractivity contribution in [2.75, 3.05) is 7.11 Å². The summed E-state index contributed by atoms with van der Waals surface area (Å²) in [6.45, 7) is 0.267. The summed E-state index contributed by atoms with van der Waals surface area (Å²) >= 11 is 1.44. The number of rotatable bonds is 6. The van der Waals surface area contributed by atoms with Crippen molar-refractivity contribution in [2.45, 2.75) is 6.61 Å². The van der Waals surface area contributed by atoms with Gasteiger partial charge in [-0.1, -0.05) is 41.7 Å². The summed E-state index contributed by atoms with van der Waals surface area (Å²) in [6.07, 6.45) is 0. The number of benzene rings is 3. The number of hydrogen-bond acceptors (Lipinski definition) is 7. The lowest BCUT2D eigenvalue weighted by atomic mass is 10.1. The second-order valence-corrected chi connectivity index (χ2v) is 8.37. The molecule has 0 spiro atoms. The van der Waals surface area contributed by atoms with E-state index in [1.54, 1.807) is 11.6 Å². The standard InChI is InChI=1S/C24H18N6O2S/c1-31-18-9-7-16(8-10-18)20-13-21(26-25-20)23-29-30-22(27-28-24(30)33-23)14-32-19-11-6-15-4-2-3-5-17(15)12-19/h2-13H,14H2,1H3,(H,25,26). The van der Waals surface area contributed by atoms with E-state index >= 15 is 0 Å². The molecule has 6 aromatic rings. The Labute approximate surface area is 192 Å². The Morgan fingerprint density at radius 1 is 0.909 bits per heavy atom. The summed E-state index contributed by atoms with van der Waals surface area (Å²) in [5.41, 5.74) is 2.64. The van der Waals surface area contributed by atoms with E-state index in [0.717, 1.165) is 38.8 Å². The molecule has 0 amide bonds. The molecule has 0 radical (unpaired) electrons. The van der Waals surface area contributed by atoms with E-state index in [1.807, 2.05) is 60.7 Å². The highest BCUT2D eigenvalue weighted by atomic mass is 32.1. The number of H-pyrrole nitrogens is 1. The molecule has 0 atom stereocenters. The van der Waals surface area contributed by atoms with Crippen molar-refractivity contribution in [3.8, 4) is 33.5 Å². The summed E-state index contributed by atoms with van der Waals surface area (Å²) in [5.74, 6) is 2.22. The number of hydrogen-bond donors (Lipinski definition) is 1. The van der Waals surface area contributed by atoms with Crippen molar-refractivity contribution in [3.05, 3.63) is 78.6 Å². The number of aromatic amines is 1. The number of nitrogens with one attached hydrogen (secondary N) is 1. The Kier molecular flexibility index (Phi) is 4.73. The normalized spacial score (nSPS) is 11.3. The highest BCUT2D eigenvalue weighted by molar-refractivity contribution is 7.19. The second-order valence-electron chi connectivity index (χ2n) is 7.41. The van der Waals surface area contributed by atoms with E-state index in [4.69, 9.17) is 9.47 Å². The molecule has 0 aliphatic rings. The largest absolute Gasteiger partial charge is 0.497 e. The maximum atomic E-state index is 5.97. The summed E-state index contributed by atoms with van der Waals surface area (Å²) in [5, 5.41) is 23.7. The van der Waals surface area contributed by atoms with Gasteiger partial charge >= 0.3 is 0 Å². The Morgan fingerprint density at radius 2 is 1.73 bits per heavy atom. The molecule has 0 fully saturated rings. The van der Waals surface area contributed by atoms with Crippen LogP contribution >= 0.6 is 11.3 Å². The maximum absolute atomic E-state index is 5.97. The molecule has 0 unspecified atom stereocenters. The van der Waals surface area contributed by atoms with E-state index < -0.39 is 0 Å². The quantitative estimate of drug-likeness (QED) is 0.382. The first kappa shape index (κ1) is 19.4. The lowest BCUT2D eigenvalue weighted by Gasteiger charge is -2.05. The van der Waals surface area contributed by atoms with Gasteiger partial charge in [-0.15, -0.1) is 10.2 Å². The van der Waals surface area contributed by atoms with Gasteiger partial charge in [0.05, 0.1) is 18.5 Å². The first-order chi connectivity index (χ1) is 16.3. The van der Waals surface area contributed by atoms with Gasteiger partial charge in [-0.25, -0.2) is 0 Å². The van der Waals surface area contributed by atoms with E-state index in [2.05, 4.69) is 37.6 Å². The first-order valence-electron chi connectivity index (χ1n) is 10.3. The predicted octanol–water partition coefficient (Wildman–Crippen LogP) is 4.98. The zero-order chi connectivity index (χ0) is 22.2. The number of nitrogens with zero attached hydrogens (tertiary/aromatic N) is 5. The summed E-state index contributed by atoms with van der Waals surface area (Å²) in [6, 6.07) is 23.9. The van der Waals surface area contributed by atoms with Crippen LogP contribution in [0.4, 0.5) is 0 Å². The predicted molar refractivity (Wildman–Crippen MR) is 127 cm³/mol. The van der Waals surface area contributed by atoms with Gasteiger partial charge in [-0.2, -0.15) is 14.7 Å². The molecule has 162 valence electrons. The second kappa shape index (κ2) is 8.03. The van der Waals surface area contributed by atoms with Gasteiger partial charge in [0.2, 0.25) is 4.96 Å². The van der Waals surface area contributed by atoms with E-state index in [9.17, 15) is 0 Å². The zero-order valence-electron chi connectivity index (χ0n) is 17.6. The molecule has 0 saturated carbocycles. The van der Waals surface area contributed by atoms with Crippen molar-refractivity contribution in [3.63, 3.8) is 0 Å². The smallest absolute Gasteiger partial charge is 0.235 e. The fraction of sp³-hybridized carbons (Fsp3) is 0.0833. The summed E-state index contributed by atoms with van der Waals surface area (Å²) < 4.78 is 12.9. The van der Waals surface area contributed by atoms with Crippen LogP contribution in [0.15, 0.2) is 72.8 Å².